The summed E-state index contributed by atoms with van der Waals surface area (Å²) < 4.78 is 0. The molecule has 6 nitrogen and oxygen atoms in total. The largest absolute Gasteiger partial charge is 0.272 e. The van der Waals surface area contributed by atoms with Crippen LogP contribution in [0.2, 0.25) is 0 Å². The number of nitrogens with zero attached hydrogens (tertiary/aromatic N) is 2. The summed E-state index contributed by atoms with van der Waals surface area (Å²) in [6, 6.07) is 3.05. The zero-order valence-corrected chi connectivity index (χ0v) is 10.7. The van der Waals surface area contributed by atoms with E-state index in [0.717, 1.165) is 5.01 Å². The first-order valence-electron chi connectivity index (χ1n) is 6.42. The molecular weight excluding hydrogens is 258 g/mol. The summed E-state index contributed by atoms with van der Waals surface area (Å²) in [5.74, 6) is -1.82. The SMILES string of the molecule is O=C(NN1C(=O)C2CC=CCC2C1=O)c1ccncc1. The standard InChI is InChI=1S/C14H13N3O3/c18-12(9-5-7-15-8-6-9)16-17-13(19)10-3-1-2-4-11(10)14(17)20/h1-2,5-8,10-11H,3-4H2,(H,16,18). The van der Waals surface area contributed by atoms with Crippen LogP contribution in [0, 0.1) is 11.8 Å². The second-order valence-corrected chi connectivity index (χ2v) is 4.84. The fraction of sp³-hybridized carbons (Fsp3) is 0.286. The van der Waals surface area contributed by atoms with Gasteiger partial charge in [-0.3, -0.25) is 24.8 Å². The molecule has 0 aromatic carbocycles. The number of hydrazine groups is 1. The molecule has 6 heteroatoms. The molecule has 0 spiro atoms. The Balaban J connectivity index is 1.77. The van der Waals surface area contributed by atoms with Gasteiger partial charge in [0.15, 0.2) is 0 Å². The summed E-state index contributed by atoms with van der Waals surface area (Å²) in [5, 5.41) is 0.866. The van der Waals surface area contributed by atoms with Gasteiger partial charge in [0.2, 0.25) is 0 Å². The topological polar surface area (TPSA) is 79.4 Å². The third-order valence-electron chi connectivity index (χ3n) is 3.66. The maximum atomic E-state index is 12.2. The highest BCUT2D eigenvalue weighted by atomic mass is 16.2. The minimum Gasteiger partial charge on any atom is -0.272 e. The Morgan fingerprint density at radius 1 is 1.10 bits per heavy atom. The summed E-state index contributed by atoms with van der Waals surface area (Å²) in [7, 11) is 0. The van der Waals surface area contributed by atoms with Gasteiger partial charge in [-0.2, -0.15) is 5.01 Å². The van der Waals surface area contributed by atoms with E-state index in [1.807, 2.05) is 12.2 Å². The average Bonchev–Trinajstić information content (AvgIpc) is 2.74. The van der Waals surface area contributed by atoms with Crippen LogP contribution in [0.15, 0.2) is 36.7 Å². The monoisotopic (exact) mass is 271 g/mol. The fourth-order valence-electron chi connectivity index (χ4n) is 2.58. The molecule has 0 saturated carbocycles. The van der Waals surface area contributed by atoms with Crippen molar-refractivity contribution in [2.75, 3.05) is 0 Å². The highest BCUT2D eigenvalue weighted by molar-refractivity contribution is 6.07. The molecule has 0 radical (unpaired) electrons. The van der Waals surface area contributed by atoms with Crippen LogP contribution in [0.4, 0.5) is 0 Å². The average molecular weight is 271 g/mol. The lowest BCUT2D eigenvalue weighted by atomic mass is 9.85. The lowest BCUT2D eigenvalue weighted by Gasteiger charge is -2.15. The highest BCUT2D eigenvalue weighted by Gasteiger charge is 2.48. The summed E-state index contributed by atoms with van der Waals surface area (Å²) in [6.45, 7) is 0. The van der Waals surface area contributed by atoms with Crippen LogP contribution in [-0.2, 0) is 9.59 Å². The summed E-state index contributed by atoms with van der Waals surface area (Å²) >= 11 is 0. The van der Waals surface area contributed by atoms with Crippen LogP contribution >= 0.6 is 0 Å². The second kappa shape index (κ2) is 4.88. The molecule has 1 N–H and O–H groups in total. The van der Waals surface area contributed by atoms with Gasteiger partial charge in [0.1, 0.15) is 0 Å². The Morgan fingerprint density at radius 3 is 2.20 bits per heavy atom. The molecular formula is C14H13N3O3. The third kappa shape index (κ3) is 1.99. The number of hydrogen-bond acceptors (Lipinski definition) is 4. The first-order valence-corrected chi connectivity index (χ1v) is 6.42. The van der Waals surface area contributed by atoms with Gasteiger partial charge < -0.3 is 0 Å². The van der Waals surface area contributed by atoms with Crippen LogP contribution in [0.3, 0.4) is 0 Å². The van der Waals surface area contributed by atoms with E-state index in [-0.39, 0.29) is 23.7 Å². The van der Waals surface area contributed by atoms with Crippen molar-refractivity contribution in [2.45, 2.75) is 12.8 Å². The van der Waals surface area contributed by atoms with Gasteiger partial charge >= 0.3 is 0 Å². The van der Waals surface area contributed by atoms with E-state index in [1.165, 1.54) is 24.5 Å². The molecule has 0 bridgehead atoms. The van der Waals surface area contributed by atoms with Gasteiger partial charge in [-0.15, -0.1) is 0 Å². The predicted molar refractivity (Wildman–Crippen MR) is 68.9 cm³/mol. The molecule has 1 aromatic rings. The Hall–Kier alpha value is -2.50. The number of carbonyl (C=O) groups is 3. The van der Waals surface area contributed by atoms with Crippen molar-refractivity contribution in [3.8, 4) is 0 Å². The maximum Gasteiger partial charge on any atom is 0.270 e. The number of allylic oxidation sites excluding steroid dienone is 2. The molecule has 102 valence electrons. The molecule has 1 aliphatic heterocycles. The van der Waals surface area contributed by atoms with Crippen molar-refractivity contribution in [3.05, 3.63) is 42.2 Å². The molecule has 3 amide bonds. The number of fused-ring (bicyclic) bond motifs is 1. The van der Waals surface area contributed by atoms with Crippen molar-refractivity contribution >= 4 is 17.7 Å². The Labute approximate surface area is 115 Å². The Morgan fingerprint density at radius 2 is 1.65 bits per heavy atom. The second-order valence-electron chi connectivity index (χ2n) is 4.84. The smallest absolute Gasteiger partial charge is 0.270 e. The molecule has 20 heavy (non-hydrogen) atoms. The van der Waals surface area contributed by atoms with Crippen molar-refractivity contribution in [1.29, 1.82) is 0 Å². The van der Waals surface area contributed by atoms with Gasteiger partial charge in [0.05, 0.1) is 11.8 Å². The maximum absolute atomic E-state index is 12.2. The normalized spacial score (nSPS) is 24.7. The lowest BCUT2D eigenvalue weighted by molar-refractivity contribution is -0.142. The Bertz CT molecular complexity index is 571. The molecule has 3 rings (SSSR count). The zero-order chi connectivity index (χ0) is 14.1. The van der Waals surface area contributed by atoms with E-state index < -0.39 is 5.91 Å². The molecule has 1 aromatic heterocycles. The molecule has 2 heterocycles. The summed E-state index contributed by atoms with van der Waals surface area (Å²) in [4.78, 5) is 40.1. The van der Waals surface area contributed by atoms with E-state index >= 15 is 0 Å². The van der Waals surface area contributed by atoms with Crippen LogP contribution in [0.5, 0.6) is 0 Å². The van der Waals surface area contributed by atoms with Crippen LogP contribution in [-0.4, -0.2) is 27.7 Å². The van der Waals surface area contributed by atoms with Crippen molar-refractivity contribution in [3.63, 3.8) is 0 Å². The fourth-order valence-corrected chi connectivity index (χ4v) is 2.58. The van der Waals surface area contributed by atoms with E-state index in [9.17, 15) is 14.4 Å². The number of rotatable bonds is 2. The summed E-state index contributed by atoms with van der Waals surface area (Å²) in [6.07, 6.45) is 7.87. The molecule has 1 aliphatic carbocycles. The van der Waals surface area contributed by atoms with Gasteiger partial charge in [-0.1, -0.05) is 12.2 Å². The van der Waals surface area contributed by atoms with E-state index in [0.29, 0.717) is 18.4 Å². The number of aromatic nitrogens is 1. The number of amides is 3. The molecule has 2 atom stereocenters. The Kier molecular flexibility index (Phi) is 3.06. The number of pyridine rings is 1. The zero-order valence-electron chi connectivity index (χ0n) is 10.7. The van der Waals surface area contributed by atoms with Crippen molar-refractivity contribution in [2.24, 2.45) is 11.8 Å². The van der Waals surface area contributed by atoms with Crippen LogP contribution in [0.1, 0.15) is 23.2 Å². The quantitative estimate of drug-likeness (QED) is 0.633. The minimum absolute atomic E-state index is 0.327. The van der Waals surface area contributed by atoms with Crippen molar-refractivity contribution < 1.29 is 14.4 Å². The molecule has 2 unspecified atom stereocenters. The first kappa shape index (κ1) is 12.5. The van der Waals surface area contributed by atoms with Gasteiger partial charge in [0, 0.05) is 18.0 Å². The number of imide groups is 1. The van der Waals surface area contributed by atoms with E-state index in [2.05, 4.69) is 10.4 Å². The van der Waals surface area contributed by atoms with Crippen LogP contribution < -0.4 is 5.43 Å². The highest BCUT2D eigenvalue weighted by Crippen LogP contribution is 2.34. The molecule has 2 aliphatic rings. The number of nitrogens with one attached hydrogen (secondary N) is 1. The van der Waals surface area contributed by atoms with Gasteiger partial charge in [-0.05, 0) is 25.0 Å². The molecule has 1 fully saturated rings. The third-order valence-corrected chi connectivity index (χ3v) is 3.66. The van der Waals surface area contributed by atoms with Gasteiger partial charge in [-0.25, -0.2) is 0 Å². The number of hydrogen-bond donors (Lipinski definition) is 1. The van der Waals surface area contributed by atoms with E-state index in [1.54, 1.807) is 0 Å². The molecule has 1 saturated heterocycles. The van der Waals surface area contributed by atoms with Crippen LogP contribution in [0.25, 0.3) is 0 Å². The van der Waals surface area contributed by atoms with Gasteiger partial charge in [0.25, 0.3) is 17.7 Å². The lowest BCUT2D eigenvalue weighted by Crippen LogP contribution is -2.46. The summed E-state index contributed by atoms with van der Waals surface area (Å²) in [5.41, 5.74) is 2.75. The van der Waals surface area contributed by atoms with Crippen molar-refractivity contribution in [1.82, 2.24) is 15.4 Å². The first-order chi connectivity index (χ1) is 9.68. The minimum atomic E-state index is -0.485. The number of carbonyl (C=O) groups excluding carboxylic acids is 3. The predicted octanol–water partition coefficient (Wildman–Crippen LogP) is 0.678. The van der Waals surface area contributed by atoms with E-state index in [4.69, 9.17) is 0 Å².